The molecule has 0 spiro atoms. The van der Waals surface area contributed by atoms with Crippen molar-refractivity contribution in [1.29, 1.82) is 0 Å². The van der Waals surface area contributed by atoms with Gasteiger partial charge in [0.2, 0.25) is 0 Å². The minimum absolute atomic E-state index is 0.750. The molecule has 3 rings (SSSR count). The van der Waals surface area contributed by atoms with Gasteiger partial charge >= 0.3 is 0 Å². The van der Waals surface area contributed by atoms with Crippen molar-refractivity contribution >= 4 is 0 Å². The minimum atomic E-state index is 0.750. The Kier molecular flexibility index (Phi) is 2.88. The monoisotopic (exact) mass is 224 g/mol. The van der Waals surface area contributed by atoms with Crippen LogP contribution >= 0.6 is 0 Å². The summed E-state index contributed by atoms with van der Waals surface area (Å²) in [6.45, 7) is 0.961. The van der Waals surface area contributed by atoms with Gasteiger partial charge in [-0.05, 0) is 41.7 Å². The van der Waals surface area contributed by atoms with Crippen molar-refractivity contribution in [2.24, 2.45) is 0 Å². The van der Waals surface area contributed by atoms with Gasteiger partial charge in [-0.15, -0.1) is 0 Å². The fourth-order valence-electron chi connectivity index (χ4n) is 2.03. The van der Waals surface area contributed by atoms with Crippen molar-refractivity contribution in [2.75, 3.05) is 0 Å². The van der Waals surface area contributed by atoms with E-state index in [-0.39, 0.29) is 0 Å². The van der Waals surface area contributed by atoms with Crippen LogP contribution in [0.25, 0.3) is 11.1 Å². The molecule has 0 amide bonds. The lowest BCUT2D eigenvalue weighted by atomic mass is 10.0. The Bertz CT molecular complexity index is 489. The summed E-state index contributed by atoms with van der Waals surface area (Å²) >= 11 is 0. The first kappa shape index (κ1) is 10.5. The Labute approximate surface area is 102 Å². The average Bonchev–Trinajstić information content (AvgIpc) is 3.22. The predicted molar refractivity (Wildman–Crippen MR) is 69.5 cm³/mol. The molecule has 2 nitrogen and oxygen atoms in total. The summed E-state index contributed by atoms with van der Waals surface area (Å²) in [6.07, 6.45) is 6.36. The Morgan fingerprint density at radius 3 is 2.59 bits per heavy atom. The Morgan fingerprint density at radius 1 is 1.06 bits per heavy atom. The van der Waals surface area contributed by atoms with E-state index in [0.717, 1.165) is 12.6 Å². The third-order valence-corrected chi connectivity index (χ3v) is 3.17. The Balaban J connectivity index is 1.87. The molecule has 1 saturated carbocycles. The lowest BCUT2D eigenvalue weighted by molar-refractivity contribution is 0.689. The molecule has 1 aromatic heterocycles. The molecule has 86 valence electrons. The van der Waals surface area contributed by atoms with Crippen molar-refractivity contribution in [2.45, 2.75) is 25.4 Å². The van der Waals surface area contributed by atoms with Crippen LogP contribution in [0.4, 0.5) is 0 Å². The normalized spacial score (nSPS) is 14.8. The fraction of sp³-hybridized carbons (Fsp3) is 0.267. The van der Waals surface area contributed by atoms with E-state index in [0.29, 0.717) is 0 Å². The highest BCUT2D eigenvalue weighted by Crippen LogP contribution is 2.24. The molecule has 1 aliphatic carbocycles. The molecule has 0 radical (unpaired) electrons. The molecule has 0 aliphatic heterocycles. The van der Waals surface area contributed by atoms with E-state index in [2.05, 4.69) is 46.7 Å². The molecule has 1 fully saturated rings. The summed E-state index contributed by atoms with van der Waals surface area (Å²) in [6, 6.07) is 13.5. The summed E-state index contributed by atoms with van der Waals surface area (Å²) in [4.78, 5) is 4.07. The number of pyridine rings is 1. The van der Waals surface area contributed by atoms with Gasteiger partial charge in [-0.2, -0.15) is 0 Å². The fourth-order valence-corrected chi connectivity index (χ4v) is 2.03. The molecule has 0 unspecified atom stereocenters. The van der Waals surface area contributed by atoms with Gasteiger partial charge in [0.1, 0.15) is 0 Å². The summed E-state index contributed by atoms with van der Waals surface area (Å²) < 4.78 is 0. The zero-order valence-corrected chi connectivity index (χ0v) is 9.76. The highest BCUT2D eigenvalue weighted by Gasteiger charge is 2.20. The minimum Gasteiger partial charge on any atom is -0.310 e. The SMILES string of the molecule is c1ccc(-c2ccncc2)c(CNC2CC2)c1. The number of hydrogen-bond donors (Lipinski definition) is 1. The standard InChI is InChI=1S/C15H16N2/c1-2-4-15(12-7-9-16-10-8-12)13(3-1)11-17-14-5-6-14/h1-4,7-10,14,17H,5-6,11H2. The van der Waals surface area contributed by atoms with Crippen LogP contribution in [0, 0.1) is 0 Å². The number of nitrogens with one attached hydrogen (secondary N) is 1. The van der Waals surface area contributed by atoms with Gasteiger partial charge in [-0.3, -0.25) is 4.98 Å². The third-order valence-electron chi connectivity index (χ3n) is 3.17. The third kappa shape index (κ3) is 2.53. The molecule has 0 saturated heterocycles. The van der Waals surface area contributed by atoms with Crippen LogP contribution in [-0.4, -0.2) is 11.0 Å². The molecule has 17 heavy (non-hydrogen) atoms. The van der Waals surface area contributed by atoms with Crippen LogP contribution < -0.4 is 5.32 Å². The first-order valence-corrected chi connectivity index (χ1v) is 6.15. The molecule has 1 N–H and O–H groups in total. The van der Waals surface area contributed by atoms with Crippen molar-refractivity contribution in [1.82, 2.24) is 10.3 Å². The molecule has 1 aliphatic rings. The van der Waals surface area contributed by atoms with Gasteiger partial charge in [0.05, 0.1) is 0 Å². The maximum atomic E-state index is 4.07. The predicted octanol–water partition coefficient (Wildman–Crippen LogP) is 3.00. The van der Waals surface area contributed by atoms with Gasteiger partial charge in [-0.1, -0.05) is 24.3 Å². The van der Waals surface area contributed by atoms with Gasteiger partial charge in [0.15, 0.2) is 0 Å². The topological polar surface area (TPSA) is 24.9 Å². The average molecular weight is 224 g/mol. The smallest absolute Gasteiger partial charge is 0.0273 e. The second-order valence-corrected chi connectivity index (χ2v) is 4.55. The summed E-state index contributed by atoms with van der Waals surface area (Å²) in [5, 5.41) is 3.57. The van der Waals surface area contributed by atoms with Crippen LogP contribution in [0.15, 0.2) is 48.8 Å². The second-order valence-electron chi connectivity index (χ2n) is 4.55. The maximum absolute atomic E-state index is 4.07. The second kappa shape index (κ2) is 4.68. The van der Waals surface area contributed by atoms with E-state index in [4.69, 9.17) is 0 Å². The molecule has 2 aromatic rings. The van der Waals surface area contributed by atoms with E-state index in [9.17, 15) is 0 Å². The number of hydrogen-bond acceptors (Lipinski definition) is 2. The Hall–Kier alpha value is -1.67. The lowest BCUT2D eigenvalue weighted by Crippen LogP contribution is -2.15. The van der Waals surface area contributed by atoms with Crippen LogP contribution in [0.2, 0.25) is 0 Å². The van der Waals surface area contributed by atoms with Crippen LogP contribution in [0.1, 0.15) is 18.4 Å². The molecular weight excluding hydrogens is 208 g/mol. The van der Waals surface area contributed by atoms with Crippen LogP contribution in [0.5, 0.6) is 0 Å². The summed E-state index contributed by atoms with van der Waals surface area (Å²) in [5.74, 6) is 0. The van der Waals surface area contributed by atoms with Crippen molar-refractivity contribution in [3.05, 3.63) is 54.4 Å². The number of rotatable bonds is 4. The molecule has 1 aromatic carbocycles. The molecule has 2 heteroatoms. The van der Waals surface area contributed by atoms with E-state index in [1.807, 2.05) is 12.4 Å². The first-order valence-electron chi connectivity index (χ1n) is 6.15. The van der Waals surface area contributed by atoms with E-state index < -0.39 is 0 Å². The highest BCUT2D eigenvalue weighted by molar-refractivity contribution is 5.66. The summed E-state index contributed by atoms with van der Waals surface area (Å²) in [7, 11) is 0. The van der Waals surface area contributed by atoms with Gasteiger partial charge in [0.25, 0.3) is 0 Å². The quantitative estimate of drug-likeness (QED) is 0.863. The largest absolute Gasteiger partial charge is 0.310 e. The zero-order chi connectivity index (χ0) is 11.5. The number of benzene rings is 1. The van der Waals surface area contributed by atoms with E-state index >= 15 is 0 Å². The molecule has 0 bridgehead atoms. The van der Waals surface area contributed by atoms with Crippen molar-refractivity contribution in [3.63, 3.8) is 0 Å². The molecule has 1 heterocycles. The van der Waals surface area contributed by atoms with Gasteiger partial charge in [0, 0.05) is 25.0 Å². The van der Waals surface area contributed by atoms with Gasteiger partial charge < -0.3 is 5.32 Å². The lowest BCUT2D eigenvalue weighted by Gasteiger charge is -2.10. The van der Waals surface area contributed by atoms with Crippen molar-refractivity contribution < 1.29 is 0 Å². The van der Waals surface area contributed by atoms with Gasteiger partial charge in [-0.25, -0.2) is 0 Å². The zero-order valence-electron chi connectivity index (χ0n) is 9.76. The van der Waals surface area contributed by atoms with E-state index in [1.54, 1.807) is 0 Å². The first-order chi connectivity index (χ1) is 8.43. The van der Waals surface area contributed by atoms with Crippen molar-refractivity contribution in [3.8, 4) is 11.1 Å². The number of aromatic nitrogens is 1. The van der Waals surface area contributed by atoms with Crippen LogP contribution in [0.3, 0.4) is 0 Å². The highest BCUT2D eigenvalue weighted by atomic mass is 14.9. The molecule has 0 atom stereocenters. The maximum Gasteiger partial charge on any atom is 0.0273 e. The van der Waals surface area contributed by atoms with E-state index in [1.165, 1.54) is 29.5 Å². The summed E-state index contributed by atoms with van der Waals surface area (Å²) in [5.41, 5.74) is 3.92. The van der Waals surface area contributed by atoms with Crippen LogP contribution in [-0.2, 0) is 6.54 Å². The molecular formula is C15H16N2. The Morgan fingerprint density at radius 2 is 1.82 bits per heavy atom. The number of nitrogens with zero attached hydrogens (tertiary/aromatic N) is 1.